The quantitative estimate of drug-likeness (QED) is 0.641. The lowest BCUT2D eigenvalue weighted by atomic mass is 9.78. The summed E-state index contributed by atoms with van der Waals surface area (Å²) in [5.74, 6) is 1.21. The molecule has 174 valence electrons. The molecule has 1 aromatic carbocycles. The number of benzene rings is 1. The van der Waals surface area contributed by atoms with E-state index in [4.69, 9.17) is 9.90 Å². The van der Waals surface area contributed by atoms with Crippen LogP contribution < -0.4 is 5.32 Å². The highest BCUT2D eigenvalue weighted by Crippen LogP contribution is 2.36. The Balaban J connectivity index is 0.000000913. The number of rotatable bonds is 6. The molecule has 1 saturated carbocycles. The predicted octanol–water partition coefficient (Wildman–Crippen LogP) is 2.23. The summed E-state index contributed by atoms with van der Waals surface area (Å²) in [6.07, 6.45) is 4.45. The van der Waals surface area contributed by atoms with Crippen LogP contribution in [-0.4, -0.2) is 77.9 Å². The highest BCUT2D eigenvalue weighted by Gasteiger charge is 2.42. The van der Waals surface area contributed by atoms with Gasteiger partial charge in [0.05, 0.1) is 21.8 Å². The second-order valence-corrected chi connectivity index (χ2v) is 9.86. The van der Waals surface area contributed by atoms with Gasteiger partial charge in [-0.3, -0.25) is 14.4 Å². The van der Waals surface area contributed by atoms with Crippen molar-refractivity contribution < 1.29 is 19.5 Å². The van der Waals surface area contributed by atoms with E-state index in [9.17, 15) is 9.59 Å². The number of fused-ring (bicyclic) bond motifs is 2. The summed E-state index contributed by atoms with van der Waals surface area (Å²) >= 11 is 1.67. The molecule has 1 saturated heterocycles. The molecule has 0 radical (unpaired) electrons. The molecule has 4 rings (SSSR count). The van der Waals surface area contributed by atoms with Gasteiger partial charge in [0.1, 0.15) is 0 Å². The first-order valence-corrected chi connectivity index (χ1v) is 11.9. The molecule has 0 bridgehead atoms. The summed E-state index contributed by atoms with van der Waals surface area (Å²) in [5.41, 5.74) is 1.01. The van der Waals surface area contributed by atoms with Gasteiger partial charge in [-0.2, -0.15) is 0 Å². The van der Waals surface area contributed by atoms with Crippen LogP contribution in [0.2, 0.25) is 0 Å². The molecule has 1 aromatic heterocycles. The van der Waals surface area contributed by atoms with Gasteiger partial charge in [-0.15, -0.1) is 11.3 Å². The second-order valence-electron chi connectivity index (χ2n) is 8.75. The Morgan fingerprint density at radius 3 is 2.75 bits per heavy atom. The number of thiazole rings is 1. The maximum absolute atomic E-state index is 12.6. The molecule has 0 spiro atoms. The summed E-state index contributed by atoms with van der Waals surface area (Å²) in [7, 11) is 3.85. The van der Waals surface area contributed by atoms with Gasteiger partial charge in [-0.05, 0) is 45.0 Å². The Kier molecular flexibility index (Phi) is 8.58. The maximum atomic E-state index is 12.6. The molecule has 3 atom stereocenters. The number of amides is 2. The van der Waals surface area contributed by atoms with Crippen molar-refractivity contribution in [3.63, 3.8) is 0 Å². The molecule has 2 N–H and O–H groups in total. The van der Waals surface area contributed by atoms with Gasteiger partial charge in [-0.1, -0.05) is 18.6 Å². The van der Waals surface area contributed by atoms with Crippen molar-refractivity contribution in [1.82, 2.24) is 20.1 Å². The van der Waals surface area contributed by atoms with E-state index in [1.54, 1.807) is 11.3 Å². The van der Waals surface area contributed by atoms with Crippen molar-refractivity contribution >= 4 is 39.8 Å². The van der Waals surface area contributed by atoms with Crippen LogP contribution in [0.1, 0.15) is 30.7 Å². The van der Waals surface area contributed by atoms with E-state index in [2.05, 4.69) is 16.4 Å². The monoisotopic (exact) mass is 460 g/mol. The van der Waals surface area contributed by atoms with E-state index in [-0.39, 0.29) is 24.3 Å². The summed E-state index contributed by atoms with van der Waals surface area (Å²) < 4.78 is 1.17. The minimum absolute atomic E-state index is 0.105. The molecule has 2 fully saturated rings. The third-order valence-corrected chi connectivity index (χ3v) is 7.25. The molecular formula is C23H32N4O4S. The lowest BCUT2D eigenvalue weighted by Gasteiger charge is -2.33. The molecule has 1 aliphatic heterocycles. The minimum Gasteiger partial charge on any atom is -0.483 e. The van der Waals surface area contributed by atoms with E-state index in [0.717, 1.165) is 42.9 Å². The number of carboxylic acid groups (broad SMARTS) is 1. The first-order valence-electron chi connectivity index (χ1n) is 11.1. The molecule has 32 heavy (non-hydrogen) atoms. The normalized spacial score (nSPS) is 22.2. The number of carbonyl (C=O) groups is 3. The number of aryl methyl sites for hydroxylation is 1. The largest absolute Gasteiger partial charge is 0.483 e. The van der Waals surface area contributed by atoms with E-state index in [1.807, 2.05) is 42.1 Å². The smallest absolute Gasteiger partial charge is 0.290 e. The van der Waals surface area contributed by atoms with Crippen LogP contribution in [0.25, 0.3) is 10.2 Å². The standard InChI is InChI=1S/C22H30N4O2S.CH2O2/c1-25(2)14-22(28)26-12-15-6-5-8-17(16(15)13-26)23-20(27)10-11-21-24-18-7-3-4-9-19(18)29-21;2-1-3/h3-4,7,9,15-17H,5-6,8,10-14H2,1-2H3,(H,23,27);1H,(H,2,3)/t15-,16+,17-;/m0./s1. The highest BCUT2D eigenvalue weighted by atomic mass is 32.1. The van der Waals surface area contributed by atoms with E-state index < -0.39 is 0 Å². The zero-order chi connectivity index (χ0) is 23.1. The Bertz CT molecular complexity index is 899. The summed E-state index contributed by atoms with van der Waals surface area (Å²) in [4.78, 5) is 42.0. The Morgan fingerprint density at radius 2 is 2.03 bits per heavy atom. The van der Waals surface area contributed by atoms with Crippen LogP contribution in [-0.2, 0) is 20.8 Å². The minimum atomic E-state index is -0.250. The maximum Gasteiger partial charge on any atom is 0.290 e. The zero-order valence-electron chi connectivity index (χ0n) is 18.7. The third-order valence-electron chi connectivity index (χ3n) is 6.15. The van der Waals surface area contributed by atoms with Gasteiger partial charge < -0.3 is 20.2 Å². The Morgan fingerprint density at radius 1 is 1.28 bits per heavy atom. The summed E-state index contributed by atoms with van der Waals surface area (Å²) in [6.45, 7) is 1.83. The predicted molar refractivity (Wildman–Crippen MR) is 125 cm³/mol. The van der Waals surface area contributed by atoms with Gasteiger partial charge in [0.15, 0.2) is 0 Å². The number of para-hydroxylation sites is 1. The Hall–Kier alpha value is -2.52. The van der Waals surface area contributed by atoms with Crippen molar-refractivity contribution in [2.24, 2.45) is 11.8 Å². The fourth-order valence-corrected chi connectivity index (χ4v) is 5.72. The number of nitrogens with zero attached hydrogens (tertiary/aromatic N) is 3. The van der Waals surface area contributed by atoms with E-state index in [1.165, 1.54) is 4.70 Å². The number of hydrogen-bond acceptors (Lipinski definition) is 6. The number of nitrogens with one attached hydrogen (secondary N) is 1. The fraction of sp³-hybridized carbons (Fsp3) is 0.565. The van der Waals surface area contributed by atoms with Gasteiger partial charge >= 0.3 is 0 Å². The van der Waals surface area contributed by atoms with Gasteiger partial charge in [0, 0.05) is 37.9 Å². The van der Waals surface area contributed by atoms with Crippen molar-refractivity contribution in [2.75, 3.05) is 33.7 Å². The molecular weight excluding hydrogens is 428 g/mol. The number of likely N-dealkylation sites (tertiary alicyclic amines) is 1. The van der Waals surface area contributed by atoms with Crippen LogP contribution in [0.5, 0.6) is 0 Å². The molecule has 2 heterocycles. The van der Waals surface area contributed by atoms with Crippen LogP contribution in [0.15, 0.2) is 24.3 Å². The SMILES string of the molecule is CN(C)CC(=O)N1C[C@@H]2CCC[C@H](NC(=O)CCc3nc4ccccc4s3)[C@@H]2C1.O=CO. The van der Waals surface area contributed by atoms with Crippen molar-refractivity contribution in [3.05, 3.63) is 29.3 Å². The van der Waals surface area contributed by atoms with E-state index in [0.29, 0.717) is 31.2 Å². The molecule has 2 aliphatic rings. The van der Waals surface area contributed by atoms with Crippen LogP contribution in [0.3, 0.4) is 0 Å². The third kappa shape index (κ3) is 6.26. The molecule has 9 heteroatoms. The second kappa shape index (κ2) is 11.4. The van der Waals surface area contributed by atoms with Crippen molar-refractivity contribution in [1.29, 1.82) is 0 Å². The van der Waals surface area contributed by atoms with Gasteiger partial charge in [-0.25, -0.2) is 4.98 Å². The van der Waals surface area contributed by atoms with Crippen LogP contribution >= 0.6 is 11.3 Å². The van der Waals surface area contributed by atoms with E-state index >= 15 is 0 Å². The first-order chi connectivity index (χ1) is 15.4. The number of aromatic nitrogens is 1. The first kappa shape index (κ1) is 24.1. The van der Waals surface area contributed by atoms with Crippen LogP contribution in [0.4, 0.5) is 0 Å². The van der Waals surface area contributed by atoms with Gasteiger partial charge in [0.25, 0.3) is 6.47 Å². The fourth-order valence-electron chi connectivity index (χ4n) is 4.75. The summed E-state index contributed by atoms with van der Waals surface area (Å²) in [6, 6.07) is 8.29. The zero-order valence-corrected chi connectivity index (χ0v) is 19.5. The number of likely N-dealkylation sites (N-methyl/N-ethyl adjacent to an activating group) is 1. The highest BCUT2D eigenvalue weighted by molar-refractivity contribution is 7.18. The lowest BCUT2D eigenvalue weighted by molar-refractivity contribution is -0.131. The van der Waals surface area contributed by atoms with Crippen LogP contribution in [0, 0.1) is 11.8 Å². The van der Waals surface area contributed by atoms with Crippen molar-refractivity contribution in [3.8, 4) is 0 Å². The molecule has 2 amide bonds. The number of carbonyl (C=O) groups excluding carboxylic acids is 2. The van der Waals surface area contributed by atoms with Gasteiger partial charge in [0.2, 0.25) is 11.8 Å². The lowest BCUT2D eigenvalue weighted by Crippen LogP contribution is -2.45. The summed E-state index contributed by atoms with van der Waals surface area (Å²) in [5, 5.41) is 11.2. The van der Waals surface area contributed by atoms with Crippen molar-refractivity contribution in [2.45, 2.75) is 38.1 Å². The number of hydrogen-bond donors (Lipinski definition) is 2. The average molecular weight is 461 g/mol. The topological polar surface area (TPSA) is 103 Å². The molecule has 1 aliphatic carbocycles. The molecule has 2 aromatic rings. The molecule has 8 nitrogen and oxygen atoms in total. The Labute approximate surface area is 192 Å². The average Bonchev–Trinajstić information content (AvgIpc) is 3.37. The molecule has 0 unspecified atom stereocenters.